The number of thiophene rings is 1. The van der Waals surface area contributed by atoms with Crippen molar-refractivity contribution in [2.45, 2.75) is 39.2 Å². The lowest BCUT2D eigenvalue weighted by Gasteiger charge is -2.40. The lowest BCUT2D eigenvalue weighted by atomic mass is 10.1. The number of hydrogen-bond acceptors (Lipinski definition) is 9. The Bertz CT molecular complexity index is 1420. The summed E-state index contributed by atoms with van der Waals surface area (Å²) in [5.41, 5.74) is 1.54. The van der Waals surface area contributed by atoms with Gasteiger partial charge in [-0.25, -0.2) is 14.8 Å². The van der Waals surface area contributed by atoms with Crippen LogP contribution in [0.4, 0.5) is 5.82 Å². The van der Waals surface area contributed by atoms with Crippen LogP contribution in [0.3, 0.4) is 0 Å². The fraction of sp³-hybridized carbons (Fsp3) is 0.417. The summed E-state index contributed by atoms with van der Waals surface area (Å²) in [7, 11) is 0. The van der Waals surface area contributed by atoms with Crippen molar-refractivity contribution in [3.05, 3.63) is 41.0 Å². The fourth-order valence-electron chi connectivity index (χ4n) is 4.42. The molecule has 1 amide bonds. The zero-order valence-electron chi connectivity index (χ0n) is 20.1. The standard InChI is InChI=1S/C24H27N7O4S/c1-3-16-13-17-22(25-21(24(33)34)26-23(17)36-16)30-11-10-29(14-15(30)2)20(32)9-6-12-35-31-19-8-5-4-7-18(19)27-28-31/h4-5,7-8,13,15H,3,6,9-12,14H2,1-2H3,(H,33,34)/t15-/m0/s1. The average molecular weight is 510 g/mol. The first-order valence-electron chi connectivity index (χ1n) is 12.0. The van der Waals surface area contributed by atoms with Crippen molar-refractivity contribution < 1.29 is 19.5 Å². The van der Waals surface area contributed by atoms with Gasteiger partial charge in [-0.3, -0.25) is 4.79 Å². The number of amides is 1. The Balaban J connectivity index is 1.20. The molecular formula is C24H27N7O4S. The Hall–Kier alpha value is -3.80. The molecule has 5 rings (SSSR count). The van der Waals surface area contributed by atoms with Crippen LogP contribution in [0.25, 0.3) is 21.3 Å². The van der Waals surface area contributed by atoms with Gasteiger partial charge in [-0.1, -0.05) is 23.9 Å². The van der Waals surface area contributed by atoms with Crippen molar-refractivity contribution in [2.24, 2.45) is 0 Å². The van der Waals surface area contributed by atoms with Crippen LogP contribution in [0.15, 0.2) is 30.3 Å². The summed E-state index contributed by atoms with van der Waals surface area (Å²) in [6, 6.07) is 9.55. The SMILES string of the molecule is CCc1cc2c(N3CCN(C(=O)CCCOn4nnc5ccccc54)C[C@@H]3C)nc(C(=O)O)nc2s1. The van der Waals surface area contributed by atoms with Crippen LogP contribution >= 0.6 is 11.3 Å². The molecule has 0 aliphatic carbocycles. The summed E-state index contributed by atoms with van der Waals surface area (Å²) >= 11 is 1.50. The fourth-order valence-corrected chi connectivity index (χ4v) is 5.38. The number of fused-ring (bicyclic) bond motifs is 2. The summed E-state index contributed by atoms with van der Waals surface area (Å²) in [4.78, 5) is 46.0. The molecule has 1 aromatic carbocycles. The molecule has 1 aliphatic rings. The number of carboxylic acid groups (broad SMARTS) is 1. The van der Waals surface area contributed by atoms with Crippen LogP contribution in [-0.4, -0.2) is 79.3 Å². The van der Waals surface area contributed by atoms with Gasteiger partial charge in [0.05, 0.1) is 5.39 Å². The number of aromatic nitrogens is 5. The van der Waals surface area contributed by atoms with Gasteiger partial charge in [-0.15, -0.1) is 16.4 Å². The zero-order valence-corrected chi connectivity index (χ0v) is 20.9. The van der Waals surface area contributed by atoms with Gasteiger partial charge >= 0.3 is 5.97 Å². The van der Waals surface area contributed by atoms with Crippen LogP contribution in [0.1, 0.15) is 42.2 Å². The monoisotopic (exact) mass is 509 g/mol. The van der Waals surface area contributed by atoms with Crippen molar-refractivity contribution in [1.29, 1.82) is 0 Å². The molecule has 1 saturated heterocycles. The lowest BCUT2D eigenvalue weighted by Crippen LogP contribution is -2.54. The van der Waals surface area contributed by atoms with E-state index in [2.05, 4.69) is 32.1 Å². The highest BCUT2D eigenvalue weighted by Gasteiger charge is 2.30. The van der Waals surface area contributed by atoms with Crippen molar-refractivity contribution in [3.8, 4) is 0 Å². The van der Waals surface area contributed by atoms with Gasteiger partial charge in [-0.2, -0.15) is 0 Å². The minimum atomic E-state index is -1.15. The molecule has 4 aromatic rings. The van der Waals surface area contributed by atoms with Gasteiger partial charge in [0.25, 0.3) is 0 Å². The summed E-state index contributed by atoms with van der Waals surface area (Å²) in [5.74, 6) is -0.655. The van der Waals surface area contributed by atoms with Gasteiger partial charge in [0.1, 0.15) is 28.3 Å². The highest BCUT2D eigenvalue weighted by Crippen LogP contribution is 2.33. The molecule has 0 radical (unpaired) electrons. The molecule has 1 aliphatic heterocycles. The van der Waals surface area contributed by atoms with E-state index >= 15 is 0 Å². The number of nitrogens with zero attached hydrogens (tertiary/aromatic N) is 7. The number of hydrogen-bond donors (Lipinski definition) is 1. The predicted molar refractivity (Wildman–Crippen MR) is 135 cm³/mol. The first-order valence-corrected chi connectivity index (χ1v) is 12.8. The van der Waals surface area contributed by atoms with E-state index in [-0.39, 0.29) is 17.8 Å². The third kappa shape index (κ3) is 4.68. The maximum Gasteiger partial charge on any atom is 0.374 e. The van der Waals surface area contributed by atoms with Crippen molar-refractivity contribution in [3.63, 3.8) is 0 Å². The maximum absolute atomic E-state index is 12.9. The molecule has 36 heavy (non-hydrogen) atoms. The number of aryl methyl sites for hydroxylation is 1. The van der Waals surface area contributed by atoms with Gasteiger partial charge < -0.3 is 19.7 Å². The summed E-state index contributed by atoms with van der Waals surface area (Å²) in [6.45, 7) is 6.07. The smallest absolute Gasteiger partial charge is 0.374 e. The molecule has 0 spiro atoms. The summed E-state index contributed by atoms with van der Waals surface area (Å²) < 4.78 is 0. The molecule has 188 valence electrons. The number of carboxylic acids is 1. The van der Waals surface area contributed by atoms with Crippen molar-refractivity contribution in [1.82, 2.24) is 30.0 Å². The molecule has 12 heteroatoms. The van der Waals surface area contributed by atoms with E-state index in [1.54, 1.807) is 0 Å². The lowest BCUT2D eigenvalue weighted by molar-refractivity contribution is -0.132. The Morgan fingerprint density at radius 2 is 2.06 bits per heavy atom. The number of carbonyl (C=O) groups is 2. The first kappa shape index (κ1) is 23.9. The van der Waals surface area contributed by atoms with E-state index in [0.717, 1.165) is 27.7 Å². The van der Waals surface area contributed by atoms with Crippen LogP contribution in [-0.2, 0) is 11.2 Å². The number of benzene rings is 1. The summed E-state index contributed by atoms with van der Waals surface area (Å²) in [5, 5.41) is 18.4. The van der Waals surface area contributed by atoms with Crippen LogP contribution in [0.2, 0.25) is 0 Å². The van der Waals surface area contributed by atoms with E-state index in [1.165, 1.54) is 16.2 Å². The molecule has 0 bridgehead atoms. The molecule has 1 fully saturated rings. The van der Waals surface area contributed by atoms with Crippen molar-refractivity contribution >= 4 is 50.3 Å². The second-order valence-corrected chi connectivity index (χ2v) is 9.85. The minimum absolute atomic E-state index is 0.0230. The van der Waals surface area contributed by atoms with Crippen LogP contribution in [0, 0.1) is 0 Å². The molecule has 0 saturated carbocycles. The van der Waals surface area contributed by atoms with Crippen LogP contribution < -0.4 is 9.74 Å². The van der Waals surface area contributed by atoms with E-state index in [4.69, 9.17) is 4.84 Å². The number of para-hydroxylation sites is 1. The van der Waals surface area contributed by atoms with Gasteiger partial charge in [0.2, 0.25) is 11.7 Å². The predicted octanol–water partition coefficient (Wildman–Crippen LogP) is 2.64. The Labute approximate surface area is 211 Å². The minimum Gasteiger partial charge on any atom is -0.475 e. The molecule has 4 heterocycles. The topological polar surface area (TPSA) is 127 Å². The quantitative estimate of drug-likeness (QED) is 0.357. The molecular weight excluding hydrogens is 482 g/mol. The number of aromatic carboxylic acids is 1. The Morgan fingerprint density at radius 1 is 1.22 bits per heavy atom. The van der Waals surface area contributed by atoms with Crippen LogP contribution in [0.5, 0.6) is 0 Å². The second-order valence-electron chi connectivity index (χ2n) is 8.73. The third-order valence-corrected chi connectivity index (χ3v) is 7.46. The van der Waals surface area contributed by atoms with Gasteiger partial charge in [0.15, 0.2) is 0 Å². The maximum atomic E-state index is 12.9. The van der Waals surface area contributed by atoms with E-state index in [1.807, 2.05) is 42.2 Å². The molecule has 3 aromatic heterocycles. The van der Waals surface area contributed by atoms with E-state index in [9.17, 15) is 14.7 Å². The number of anilines is 1. The van der Waals surface area contributed by atoms with E-state index in [0.29, 0.717) is 49.7 Å². The van der Waals surface area contributed by atoms with Crippen molar-refractivity contribution in [2.75, 3.05) is 31.1 Å². The number of carbonyl (C=O) groups excluding carboxylic acids is 1. The van der Waals surface area contributed by atoms with Gasteiger partial charge in [0, 0.05) is 37.0 Å². The first-order chi connectivity index (χ1) is 17.4. The normalized spacial score (nSPS) is 16.1. The third-order valence-electron chi connectivity index (χ3n) is 6.29. The zero-order chi connectivity index (χ0) is 25.2. The van der Waals surface area contributed by atoms with E-state index < -0.39 is 5.97 Å². The summed E-state index contributed by atoms with van der Waals surface area (Å²) in [6.07, 6.45) is 1.77. The highest BCUT2D eigenvalue weighted by molar-refractivity contribution is 7.18. The Morgan fingerprint density at radius 3 is 2.83 bits per heavy atom. The molecule has 1 atom stereocenters. The largest absolute Gasteiger partial charge is 0.475 e. The second kappa shape index (κ2) is 10.1. The van der Waals surface area contributed by atoms with Gasteiger partial charge in [-0.05, 0) is 43.2 Å². The average Bonchev–Trinajstić information content (AvgIpc) is 3.50. The molecule has 1 N–H and O–H groups in total. The number of rotatable bonds is 8. The molecule has 11 nitrogen and oxygen atoms in total. The number of piperazine rings is 1. The highest BCUT2D eigenvalue weighted by atomic mass is 32.1. The Kier molecular flexibility index (Phi) is 6.68. The molecule has 0 unspecified atom stereocenters.